The molecule has 0 saturated carbocycles. The van der Waals surface area contributed by atoms with Crippen molar-refractivity contribution in [2.45, 2.75) is 17.9 Å². The summed E-state index contributed by atoms with van der Waals surface area (Å²) in [6.07, 6.45) is -0.285. The van der Waals surface area contributed by atoms with Gasteiger partial charge in [-0.3, -0.25) is 5.32 Å². The van der Waals surface area contributed by atoms with E-state index in [-0.39, 0.29) is 17.9 Å². The molecule has 1 aliphatic rings. The Hall–Kier alpha value is -2.32. The van der Waals surface area contributed by atoms with Gasteiger partial charge in [-0.25, -0.2) is 0 Å². The predicted molar refractivity (Wildman–Crippen MR) is 99.4 cm³/mol. The molecule has 0 radical (unpaired) electrons. The first kappa shape index (κ1) is 16.2. The lowest BCUT2D eigenvalue weighted by molar-refractivity contribution is 0.133. The summed E-state index contributed by atoms with van der Waals surface area (Å²) >= 11 is 0. The van der Waals surface area contributed by atoms with Gasteiger partial charge >= 0.3 is 8.03 Å². The maximum Gasteiger partial charge on any atom is 0.533 e. The Morgan fingerprint density at radius 3 is 1.72 bits per heavy atom. The third kappa shape index (κ3) is 3.40. The van der Waals surface area contributed by atoms with Gasteiger partial charge in [-0.05, 0) is 15.7 Å². The minimum atomic E-state index is -1.87. The molecular weight excluding hydrogens is 329 g/mol. The molecule has 0 aliphatic carbocycles. The number of hydrogen-bond donors (Lipinski definition) is 1. The van der Waals surface area contributed by atoms with Crippen molar-refractivity contribution >= 4 is 8.03 Å². The summed E-state index contributed by atoms with van der Waals surface area (Å²) in [6.45, 7) is 0. The van der Waals surface area contributed by atoms with Gasteiger partial charge in [0.1, 0.15) is 0 Å². The number of rotatable bonds is 3. The van der Waals surface area contributed by atoms with Gasteiger partial charge < -0.3 is 0 Å². The van der Waals surface area contributed by atoms with Gasteiger partial charge in [-0.1, -0.05) is 91.0 Å². The molecule has 1 heterocycles. The Bertz CT molecular complexity index is 840. The van der Waals surface area contributed by atoms with E-state index >= 15 is 0 Å². The summed E-state index contributed by atoms with van der Waals surface area (Å²) in [4.78, 5) is 0. The average molecular weight is 348 g/mol. The highest BCUT2D eigenvalue weighted by atomic mass is 31.1. The number of nitrogens with one attached hydrogen (secondary N) is 1. The molecule has 3 aromatic rings. The molecule has 1 fully saturated rings. The van der Waals surface area contributed by atoms with E-state index in [0.717, 1.165) is 16.7 Å². The van der Waals surface area contributed by atoms with E-state index < -0.39 is 8.03 Å². The summed E-state index contributed by atoms with van der Waals surface area (Å²) in [6, 6.07) is 30.0. The van der Waals surface area contributed by atoms with Crippen LogP contribution in [0.25, 0.3) is 0 Å². The van der Waals surface area contributed by atoms with Crippen LogP contribution in [0.4, 0.5) is 0 Å². The van der Waals surface area contributed by atoms with Crippen LogP contribution in [0.1, 0.15) is 34.6 Å². The van der Waals surface area contributed by atoms with E-state index in [2.05, 4.69) is 17.4 Å². The van der Waals surface area contributed by atoms with Crippen LogP contribution in [0.2, 0.25) is 0 Å². The maximum absolute atomic E-state index is 12.8. The molecule has 4 rings (SSSR count). The van der Waals surface area contributed by atoms with E-state index in [1.165, 1.54) is 0 Å². The Labute approximate surface area is 148 Å². The molecule has 4 atom stereocenters. The van der Waals surface area contributed by atoms with E-state index in [1.807, 2.05) is 78.9 Å². The first-order chi connectivity index (χ1) is 12.3. The summed E-state index contributed by atoms with van der Waals surface area (Å²) in [5.74, 6) is -0.318. The molecule has 1 saturated heterocycles. The maximum atomic E-state index is 12.8. The zero-order valence-corrected chi connectivity index (χ0v) is 14.6. The second-order valence-electron chi connectivity index (χ2n) is 6.09. The Morgan fingerprint density at radius 2 is 1.16 bits per heavy atom. The molecule has 0 aromatic heterocycles. The molecule has 1 N–H and O–H groups in total. The fourth-order valence-corrected chi connectivity index (χ4v) is 4.52. The van der Waals surface area contributed by atoms with Gasteiger partial charge in [0.05, 0.1) is 6.04 Å². The van der Waals surface area contributed by atoms with Crippen molar-refractivity contribution < 1.29 is 9.09 Å². The largest absolute Gasteiger partial charge is 0.533 e. The topological polar surface area (TPSA) is 38.3 Å². The third-order valence-corrected chi connectivity index (χ3v) is 5.77. The van der Waals surface area contributed by atoms with Crippen LogP contribution in [0.5, 0.6) is 0 Å². The Morgan fingerprint density at radius 1 is 0.680 bits per heavy atom. The van der Waals surface area contributed by atoms with E-state index in [9.17, 15) is 4.57 Å². The molecule has 1 unspecified atom stereocenters. The van der Waals surface area contributed by atoms with Crippen LogP contribution in [-0.2, 0) is 9.09 Å². The molecule has 3 nitrogen and oxygen atoms in total. The SMILES string of the molecule is O=[P+]1O[C@H](c2ccccc2)[C@H](c2ccccc2)N[C@@H]1c1ccccc1. The highest BCUT2D eigenvalue weighted by Crippen LogP contribution is 2.53. The first-order valence-corrected chi connectivity index (χ1v) is 9.61. The van der Waals surface area contributed by atoms with Crippen LogP contribution in [0, 0.1) is 0 Å². The van der Waals surface area contributed by atoms with Crippen LogP contribution in [0.3, 0.4) is 0 Å². The number of benzene rings is 3. The fourth-order valence-electron chi connectivity index (χ4n) is 3.23. The Kier molecular flexibility index (Phi) is 4.71. The van der Waals surface area contributed by atoms with Gasteiger partial charge in [0.15, 0.2) is 6.10 Å². The smallest absolute Gasteiger partial charge is 0.257 e. The molecular formula is C21H19NO2P+. The van der Waals surface area contributed by atoms with Crippen molar-refractivity contribution in [1.29, 1.82) is 0 Å². The molecule has 124 valence electrons. The fraction of sp³-hybridized carbons (Fsp3) is 0.143. The first-order valence-electron chi connectivity index (χ1n) is 8.37. The standard InChI is InChI=1S/C21H19NO2P/c23-25-21(18-14-8-3-9-15-18)22-19(16-10-4-1-5-11-16)20(24-25)17-12-6-2-7-13-17/h1-15,19-22H/q+1/t19-,20+,21-/m0/s1. The lowest BCUT2D eigenvalue weighted by Gasteiger charge is -2.30. The summed E-state index contributed by atoms with van der Waals surface area (Å²) in [5, 5.41) is 3.58. The highest BCUT2D eigenvalue weighted by molar-refractivity contribution is 7.39. The van der Waals surface area contributed by atoms with Crippen LogP contribution in [0.15, 0.2) is 91.0 Å². The monoisotopic (exact) mass is 348 g/mol. The van der Waals surface area contributed by atoms with Crippen LogP contribution < -0.4 is 5.32 Å². The minimum Gasteiger partial charge on any atom is -0.257 e. The van der Waals surface area contributed by atoms with Crippen molar-refractivity contribution in [1.82, 2.24) is 5.32 Å². The van der Waals surface area contributed by atoms with Crippen molar-refractivity contribution in [3.63, 3.8) is 0 Å². The van der Waals surface area contributed by atoms with E-state index in [0.29, 0.717) is 0 Å². The normalized spacial score (nSPS) is 24.8. The lowest BCUT2D eigenvalue weighted by Crippen LogP contribution is -2.34. The third-order valence-electron chi connectivity index (χ3n) is 4.47. The van der Waals surface area contributed by atoms with Gasteiger partial charge in [-0.15, -0.1) is 4.52 Å². The van der Waals surface area contributed by atoms with Crippen molar-refractivity contribution in [3.05, 3.63) is 108 Å². The summed E-state index contributed by atoms with van der Waals surface area (Å²) in [7, 11) is -1.87. The van der Waals surface area contributed by atoms with Gasteiger partial charge in [0.25, 0.3) is 5.78 Å². The molecule has 3 aromatic carbocycles. The molecule has 25 heavy (non-hydrogen) atoms. The quantitative estimate of drug-likeness (QED) is 0.633. The minimum absolute atomic E-state index is 0.0680. The highest BCUT2D eigenvalue weighted by Gasteiger charge is 2.48. The lowest BCUT2D eigenvalue weighted by atomic mass is 9.95. The summed E-state index contributed by atoms with van der Waals surface area (Å²) < 4.78 is 18.9. The van der Waals surface area contributed by atoms with Gasteiger partial charge in [0.2, 0.25) is 0 Å². The van der Waals surface area contributed by atoms with Gasteiger partial charge in [0, 0.05) is 5.56 Å². The molecule has 0 bridgehead atoms. The van der Waals surface area contributed by atoms with Crippen LogP contribution in [-0.4, -0.2) is 0 Å². The average Bonchev–Trinajstić information content (AvgIpc) is 2.70. The van der Waals surface area contributed by atoms with E-state index in [1.54, 1.807) is 0 Å². The molecule has 4 heteroatoms. The predicted octanol–water partition coefficient (Wildman–Crippen LogP) is 5.53. The molecule has 1 aliphatic heterocycles. The summed E-state index contributed by atoms with van der Waals surface area (Å²) in [5.41, 5.74) is 3.13. The van der Waals surface area contributed by atoms with Crippen molar-refractivity contribution in [2.24, 2.45) is 0 Å². The zero-order valence-electron chi connectivity index (χ0n) is 13.7. The molecule has 0 amide bonds. The Balaban J connectivity index is 1.72. The van der Waals surface area contributed by atoms with Crippen molar-refractivity contribution in [2.75, 3.05) is 0 Å². The number of hydrogen-bond acceptors (Lipinski definition) is 3. The van der Waals surface area contributed by atoms with Crippen molar-refractivity contribution in [3.8, 4) is 0 Å². The molecule has 0 spiro atoms. The van der Waals surface area contributed by atoms with Gasteiger partial charge in [-0.2, -0.15) is 0 Å². The van der Waals surface area contributed by atoms with E-state index in [4.69, 9.17) is 4.52 Å². The second-order valence-corrected chi connectivity index (χ2v) is 7.39. The second kappa shape index (κ2) is 7.28. The zero-order chi connectivity index (χ0) is 17.1. The van der Waals surface area contributed by atoms with Crippen LogP contribution >= 0.6 is 8.03 Å².